The molecule has 0 bridgehead atoms. The van der Waals surface area contributed by atoms with Gasteiger partial charge < -0.3 is 0 Å². The third-order valence-corrected chi connectivity index (χ3v) is 1.88. The van der Waals surface area contributed by atoms with Crippen molar-refractivity contribution in [2.45, 2.75) is 34.1 Å². The van der Waals surface area contributed by atoms with Gasteiger partial charge in [-0.2, -0.15) is 0 Å². The van der Waals surface area contributed by atoms with Crippen molar-refractivity contribution in [1.82, 2.24) is 0 Å². The van der Waals surface area contributed by atoms with Crippen LogP contribution in [0.1, 0.15) is 34.1 Å². The van der Waals surface area contributed by atoms with Crippen molar-refractivity contribution in [3.8, 4) is 0 Å². The Morgan fingerprint density at radius 1 is 1.42 bits per heavy atom. The summed E-state index contributed by atoms with van der Waals surface area (Å²) in [6.07, 6.45) is 7.43. The predicted octanol–water partition coefficient (Wildman–Crippen LogP) is 4.11. The van der Waals surface area contributed by atoms with Crippen LogP contribution in [0, 0.1) is 5.92 Å². The van der Waals surface area contributed by atoms with Gasteiger partial charge in [0, 0.05) is 0 Å². The largest absolute Gasteiger partial charge is 0.0985 e. The second-order valence-electron chi connectivity index (χ2n) is 3.46. The summed E-state index contributed by atoms with van der Waals surface area (Å²) < 4.78 is 0. The zero-order valence-electron chi connectivity index (χ0n) is 8.72. The first kappa shape index (κ1) is 11.2. The van der Waals surface area contributed by atoms with Crippen LogP contribution in [0.25, 0.3) is 0 Å². The van der Waals surface area contributed by atoms with E-state index in [4.69, 9.17) is 0 Å². The van der Waals surface area contributed by atoms with Crippen molar-refractivity contribution < 1.29 is 0 Å². The van der Waals surface area contributed by atoms with Crippen molar-refractivity contribution in [3.63, 3.8) is 0 Å². The van der Waals surface area contributed by atoms with Crippen molar-refractivity contribution in [1.29, 1.82) is 0 Å². The molecule has 0 fully saturated rings. The maximum atomic E-state index is 3.77. The van der Waals surface area contributed by atoms with Crippen LogP contribution in [0.5, 0.6) is 0 Å². The molecule has 0 saturated carbocycles. The topological polar surface area (TPSA) is 0 Å². The maximum absolute atomic E-state index is 3.77. The van der Waals surface area contributed by atoms with Crippen molar-refractivity contribution >= 4 is 0 Å². The van der Waals surface area contributed by atoms with Crippen molar-refractivity contribution in [2.24, 2.45) is 5.92 Å². The van der Waals surface area contributed by atoms with E-state index < -0.39 is 0 Å². The van der Waals surface area contributed by atoms with Gasteiger partial charge in [-0.05, 0) is 37.3 Å². The Labute approximate surface area is 76.7 Å². The minimum Gasteiger partial charge on any atom is -0.0985 e. The van der Waals surface area contributed by atoms with Gasteiger partial charge in [0.1, 0.15) is 0 Å². The summed E-state index contributed by atoms with van der Waals surface area (Å²) in [6, 6.07) is 0. The number of allylic oxidation sites excluding steroid dienone is 5. The van der Waals surface area contributed by atoms with Gasteiger partial charge in [0.25, 0.3) is 0 Å². The van der Waals surface area contributed by atoms with E-state index in [1.54, 1.807) is 0 Å². The van der Waals surface area contributed by atoms with E-state index in [9.17, 15) is 0 Å². The monoisotopic (exact) mass is 164 g/mol. The minimum atomic E-state index is 0.739. The summed E-state index contributed by atoms with van der Waals surface area (Å²) in [5.74, 6) is 0.739. The molecule has 0 spiro atoms. The lowest BCUT2D eigenvalue weighted by atomic mass is 10.0. The molecular weight excluding hydrogens is 144 g/mol. The van der Waals surface area contributed by atoms with Crippen LogP contribution in [-0.4, -0.2) is 0 Å². The summed E-state index contributed by atoms with van der Waals surface area (Å²) in [6.45, 7) is 12.4. The highest BCUT2D eigenvalue weighted by atomic mass is 14.0. The van der Waals surface area contributed by atoms with Crippen molar-refractivity contribution in [3.05, 3.63) is 36.0 Å². The molecule has 0 aliphatic heterocycles. The van der Waals surface area contributed by atoms with Gasteiger partial charge in [-0.15, -0.1) is 0 Å². The van der Waals surface area contributed by atoms with Crippen LogP contribution in [0.4, 0.5) is 0 Å². The van der Waals surface area contributed by atoms with Gasteiger partial charge in [-0.25, -0.2) is 0 Å². The molecule has 0 aliphatic carbocycles. The normalized spacial score (nSPS) is 13.8. The zero-order chi connectivity index (χ0) is 9.56. The molecule has 0 aliphatic rings. The van der Waals surface area contributed by atoms with Crippen LogP contribution in [0.15, 0.2) is 36.0 Å². The first-order valence-corrected chi connectivity index (χ1v) is 4.57. The van der Waals surface area contributed by atoms with Gasteiger partial charge in [0.05, 0.1) is 0 Å². The lowest BCUT2D eigenvalue weighted by Gasteiger charge is -2.03. The summed E-state index contributed by atoms with van der Waals surface area (Å²) >= 11 is 0. The fraction of sp³-hybridized carbons (Fsp3) is 0.500. The quantitative estimate of drug-likeness (QED) is 0.548. The van der Waals surface area contributed by atoms with E-state index in [0.717, 1.165) is 12.3 Å². The fourth-order valence-electron chi connectivity index (χ4n) is 1.04. The van der Waals surface area contributed by atoms with E-state index in [0.29, 0.717) is 0 Å². The third-order valence-electron chi connectivity index (χ3n) is 1.88. The second-order valence-corrected chi connectivity index (χ2v) is 3.46. The molecule has 0 heteroatoms. The summed E-state index contributed by atoms with van der Waals surface area (Å²) in [5.41, 5.74) is 2.58. The molecule has 0 aromatic carbocycles. The molecule has 0 rings (SSSR count). The van der Waals surface area contributed by atoms with Crippen LogP contribution in [0.3, 0.4) is 0 Å². The predicted molar refractivity (Wildman–Crippen MR) is 57.2 cm³/mol. The smallest absolute Gasteiger partial charge is 0.0279 e. The molecule has 0 nitrogen and oxygen atoms in total. The van der Waals surface area contributed by atoms with Crippen LogP contribution >= 0.6 is 0 Å². The Morgan fingerprint density at radius 3 is 2.33 bits per heavy atom. The summed E-state index contributed by atoms with van der Waals surface area (Å²) in [7, 11) is 0. The molecule has 0 radical (unpaired) electrons. The van der Waals surface area contributed by atoms with E-state index in [2.05, 4.69) is 39.5 Å². The van der Waals surface area contributed by atoms with Crippen molar-refractivity contribution in [2.75, 3.05) is 0 Å². The molecule has 12 heavy (non-hydrogen) atoms. The molecule has 0 saturated heterocycles. The average Bonchev–Trinajstić information content (AvgIpc) is 2.03. The number of hydrogen-bond donors (Lipinski definition) is 0. The van der Waals surface area contributed by atoms with Crippen LogP contribution in [0.2, 0.25) is 0 Å². The molecule has 0 amide bonds. The lowest BCUT2D eigenvalue weighted by molar-refractivity contribution is 0.661. The Balaban J connectivity index is 4.25. The molecule has 0 aromatic rings. The van der Waals surface area contributed by atoms with Gasteiger partial charge in [-0.3, -0.25) is 0 Å². The Bertz CT molecular complexity index is 192. The highest BCUT2D eigenvalue weighted by Crippen LogP contribution is 2.12. The standard InChI is InChI=1S/C12H20/c1-6-12(7-2)11(5)9-8-10(3)4/h6-7,9-10H,1,8H2,2-5H3. The maximum Gasteiger partial charge on any atom is -0.0279 e. The van der Waals surface area contributed by atoms with E-state index in [1.165, 1.54) is 11.1 Å². The molecule has 68 valence electrons. The van der Waals surface area contributed by atoms with Gasteiger partial charge in [0.2, 0.25) is 0 Å². The highest BCUT2D eigenvalue weighted by molar-refractivity contribution is 5.36. The molecule has 0 unspecified atom stereocenters. The van der Waals surface area contributed by atoms with E-state index in [-0.39, 0.29) is 0 Å². The molecule has 0 atom stereocenters. The second kappa shape index (κ2) is 5.82. The first-order chi connectivity index (χ1) is 5.61. The molecular formula is C12H20. The van der Waals surface area contributed by atoms with Gasteiger partial charge in [-0.1, -0.05) is 38.7 Å². The summed E-state index contributed by atoms with van der Waals surface area (Å²) in [5, 5.41) is 0. The number of hydrogen-bond acceptors (Lipinski definition) is 0. The molecule has 0 N–H and O–H groups in total. The van der Waals surface area contributed by atoms with Gasteiger partial charge in [0.15, 0.2) is 0 Å². The highest BCUT2D eigenvalue weighted by Gasteiger charge is 1.94. The van der Waals surface area contributed by atoms with E-state index >= 15 is 0 Å². The van der Waals surface area contributed by atoms with Gasteiger partial charge >= 0.3 is 0 Å². The molecule has 0 heterocycles. The van der Waals surface area contributed by atoms with E-state index in [1.807, 2.05) is 13.0 Å². The summed E-state index contributed by atoms with van der Waals surface area (Å²) in [4.78, 5) is 0. The fourth-order valence-corrected chi connectivity index (χ4v) is 1.04. The SMILES string of the molecule is C=CC(=CC)C(C)=CCC(C)C. The Hall–Kier alpha value is -0.780. The minimum absolute atomic E-state index is 0.739. The van der Waals surface area contributed by atoms with Crippen LogP contribution < -0.4 is 0 Å². The Kier molecular flexibility index (Phi) is 5.44. The first-order valence-electron chi connectivity index (χ1n) is 4.57. The molecule has 0 aromatic heterocycles. The average molecular weight is 164 g/mol. The zero-order valence-corrected chi connectivity index (χ0v) is 8.72. The number of rotatable bonds is 4. The third kappa shape index (κ3) is 4.17. The van der Waals surface area contributed by atoms with Crippen LogP contribution in [-0.2, 0) is 0 Å². The Morgan fingerprint density at radius 2 is 2.00 bits per heavy atom. The lowest BCUT2D eigenvalue weighted by Crippen LogP contribution is -1.86.